The second-order valence-corrected chi connectivity index (χ2v) is 5.04. The third kappa shape index (κ3) is 5.03. The van der Waals surface area contributed by atoms with Crippen LogP contribution in [0.4, 0.5) is 21.0 Å². The van der Waals surface area contributed by atoms with Gasteiger partial charge in [0.05, 0.1) is 7.11 Å². The van der Waals surface area contributed by atoms with Crippen molar-refractivity contribution in [3.05, 3.63) is 53.6 Å². The highest BCUT2D eigenvalue weighted by molar-refractivity contribution is 5.87. The molecule has 2 aromatic carbocycles. The SMILES string of the molecule is COC(=O)Nc1cccc(OC(=O)Nc2cc(C)cc(C)c2)c1. The normalized spacial score (nSPS) is 9.87. The topological polar surface area (TPSA) is 76.7 Å². The molecule has 0 unspecified atom stereocenters. The highest BCUT2D eigenvalue weighted by atomic mass is 16.6. The molecule has 0 bridgehead atoms. The van der Waals surface area contributed by atoms with E-state index < -0.39 is 12.2 Å². The fourth-order valence-electron chi connectivity index (χ4n) is 2.10. The molecule has 0 atom stereocenters. The predicted octanol–water partition coefficient (Wildman–Crippen LogP) is 4.09. The lowest BCUT2D eigenvalue weighted by molar-refractivity contribution is 0.187. The minimum atomic E-state index is -0.606. The molecule has 6 heteroatoms. The van der Waals surface area contributed by atoms with Gasteiger partial charge in [-0.25, -0.2) is 9.59 Å². The average Bonchev–Trinajstić information content (AvgIpc) is 2.46. The van der Waals surface area contributed by atoms with Crippen molar-refractivity contribution in [2.75, 3.05) is 17.7 Å². The third-order valence-corrected chi connectivity index (χ3v) is 2.94. The van der Waals surface area contributed by atoms with Gasteiger partial charge in [0.25, 0.3) is 0 Å². The van der Waals surface area contributed by atoms with Crippen molar-refractivity contribution >= 4 is 23.6 Å². The van der Waals surface area contributed by atoms with E-state index in [2.05, 4.69) is 15.4 Å². The minimum absolute atomic E-state index is 0.306. The summed E-state index contributed by atoms with van der Waals surface area (Å²) < 4.78 is 9.72. The second kappa shape index (κ2) is 7.31. The Labute approximate surface area is 134 Å². The Hall–Kier alpha value is -3.02. The molecule has 23 heavy (non-hydrogen) atoms. The molecule has 2 N–H and O–H groups in total. The van der Waals surface area contributed by atoms with Crippen LogP contribution in [0.5, 0.6) is 5.75 Å². The van der Waals surface area contributed by atoms with E-state index in [-0.39, 0.29) is 0 Å². The van der Waals surface area contributed by atoms with E-state index in [9.17, 15) is 9.59 Å². The fourth-order valence-corrected chi connectivity index (χ4v) is 2.10. The summed E-state index contributed by atoms with van der Waals surface area (Å²) in [6, 6.07) is 12.2. The first-order chi connectivity index (χ1) is 11.0. The highest BCUT2D eigenvalue weighted by Crippen LogP contribution is 2.19. The van der Waals surface area contributed by atoms with Crippen molar-refractivity contribution in [2.24, 2.45) is 0 Å². The zero-order chi connectivity index (χ0) is 16.8. The molecular weight excluding hydrogens is 296 g/mol. The fraction of sp³-hybridized carbons (Fsp3) is 0.176. The van der Waals surface area contributed by atoms with Crippen LogP contribution in [-0.4, -0.2) is 19.3 Å². The first-order valence-corrected chi connectivity index (χ1v) is 6.98. The monoisotopic (exact) mass is 314 g/mol. The molecule has 0 saturated carbocycles. The van der Waals surface area contributed by atoms with Crippen LogP contribution in [0.15, 0.2) is 42.5 Å². The van der Waals surface area contributed by atoms with Gasteiger partial charge in [-0.3, -0.25) is 10.6 Å². The first-order valence-electron chi connectivity index (χ1n) is 6.98. The molecule has 0 saturated heterocycles. The summed E-state index contributed by atoms with van der Waals surface area (Å²) in [5.74, 6) is 0.306. The Morgan fingerprint density at radius 3 is 2.17 bits per heavy atom. The standard InChI is InChI=1S/C17H18N2O4/c1-11-7-12(2)9-14(8-11)19-17(21)23-15-6-4-5-13(10-15)18-16(20)22-3/h4-10H,1-3H3,(H,18,20)(H,19,21). The van der Waals surface area contributed by atoms with Crippen LogP contribution in [0.25, 0.3) is 0 Å². The highest BCUT2D eigenvalue weighted by Gasteiger charge is 2.08. The van der Waals surface area contributed by atoms with Crippen LogP contribution in [0, 0.1) is 13.8 Å². The summed E-state index contributed by atoms with van der Waals surface area (Å²) in [5.41, 5.74) is 3.22. The van der Waals surface area contributed by atoms with Crippen molar-refractivity contribution in [1.82, 2.24) is 0 Å². The number of amides is 2. The maximum Gasteiger partial charge on any atom is 0.417 e. The summed E-state index contributed by atoms with van der Waals surface area (Å²) in [7, 11) is 1.27. The van der Waals surface area contributed by atoms with Crippen molar-refractivity contribution in [3.63, 3.8) is 0 Å². The van der Waals surface area contributed by atoms with Gasteiger partial charge in [0.2, 0.25) is 0 Å². The number of carbonyl (C=O) groups is 2. The lowest BCUT2D eigenvalue weighted by atomic mass is 10.1. The summed E-state index contributed by atoms with van der Waals surface area (Å²) in [6.07, 6.45) is -1.20. The molecule has 120 valence electrons. The van der Waals surface area contributed by atoms with Crippen LogP contribution in [0.3, 0.4) is 0 Å². The Balaban J connectivity index is 2.02. The number of benzene rings is 2. The van der Waals surface area contributed by atoms with E-state index in [1.807, 2.05) is 32.0 Å². The molecule has 2 amide bonds. The van der Waals surface area contributed by atoms with Crippen LogP contribution < -0.4 is 15.4 Å². The van der Waals surface area contributed by atoms with E-state index in [0.717, 1.165) is 11.1 Å². The van der Waals surface area contributed by atoms with E-state index in [1.54, 1.807) is 18.2 Å². The molecule has 6 nitrogen and oxygen atoms in total. The largest absolute Gasteiger partial charge is 0.453 e. The first kappa shape index (κ1) is 16.4. The van der Waals surface area contributed by atoms with Crippen LogP contribution >= 0.6 is 0 Å². The van der Waals surface area contributed by atoms with Gasteiger partial charge in [0.1, 0.15) is 5.75 Å². The van der Waals surface area contributed by atoms with Gasteiger partial charge in [0.15, 0.2) is 0 Å². The van der Waals surface area contributed by atoms with E-state index in [1.165, 1.54) is 13.2 Å². The number of anilines is 2. The second-order valence-electron chi connectivity index (χ2n) is 5.04. The summed E-state index contributed by atoms with van der Waals surface area (Å²) in [4.78, 5) is 23.1. The van der Waals surface area contributed by atoms with Crippen molar-refractivity contribution in [3.8, 4) is 5.75 Å². The maximum absolute atomic E-state index is 11.9. The molecule has 2 aromatic rings. The Morgan fingerprint density at radius 1 is 0.870 bits per heavy atom. The number of hydrogen-bond donors (Lipinski definition) is 2. The molecule has 0 radical (unpaired) electrons. The van der Waals surface area contributed by atoms with E-state index in [4.69, 9.17) is 4.74 Å². The molecule has 2 rings (SSSR count). The van der Waals surface area contributed by atoms with Crippen LogP contribution in [0.2, 0.25) is 0 Å². The van der Waals surface area contributed by atoms with Gasteiger partial charge in [-0.05, 0) is 49.2 Å². The quantitative estimate of drug-likeness (QED) is 0.894. The van der Waals surface area contributed by atoms with E-state index in [0.29, 0.717) is 17.1 Å². The lowest BCUT2D eigenvalue weighted by Gasteiger charge is -2.09. The molecule has 0 heterocycles. The summed E-state index contributed by atoms with van der Waals surface area (Å²) in [6.45, 7) is 3.90. The molecule has 0 spiro atoms. The number of nitrogens with one attached hydrogen (secondary N) is 2. The smallest absolute Gasteiger partial charge is 0.417 e. The van der Waals surface area contributed by atoms with Gasteiger partial charge in [0, 0.05) is 17.4 Å². The maximum atomic E-state index is 11.9. The third-order valence-electron chi connectivity index (χ3n) is 2.94. The Bertz CT molecular complexity index is 708. The molecule has 0 aromatic heterocycles. The average molecular weight is 314 g/mol. The number of hydrogen-bond acceptors (Lipinski definition) is 4. The number of methoxy groups -OCH3 is 1. The van der Waals surface area contributed by atoms with E-state index >= 15 is 0 Å². The zero-order valence-electron chi connectivity index (χ0n) is 13.2. The van der Waals surface area contributed by atoms with Gasteiger partial charge in [-0.2, -0.15) is 0 Å². The molecular formula is C17H18N2O4. The Morgan fingerprint density at radius 2 is 1.52 bits per heavy atom. The van der Waals surface area contributed by atoms with Crippen LogP contribution in [-0.2, 0) is 4.74 Å². The number of rotatable bonds is 3. The number of carbonyl (C=O) groups excluding carboxylic acids is 2. The van der Waals surface area contributed by atoms with Crippen molar-refractivity contribution < 1.29 is 19.1 Å². The summed E-state index contributed by atoms with van der Waals surface area (Å²) in [5, 5.41) is 5.17. The lowest BCUT2D eigenvalue weighted by Crippen LogP contribution is -2.17. The Kier molecular flexibility index (Phi) is 5.19. The van der Waals surface area contributed by atoms with Crippen molar-refractivity contribution in [2.45, 2.75) is 13.8 Å². The van der Waals surface area contributed by atoms with Crippen molar-refractivity contribution in [1.29, 1.82) is 0 Å². The number of ether oxygens (including phenoxy) is 2. The zero-order valence-corrected chi connectivity index (χ0v) is 13.2. The van der Waals surface area contributed by atoms with Gasteiger partial charge < -0.3 is 9.47 Å². The van der Waals surface area contributed by atoms with Gasteiger partial charge >= 0.3 is 12.2 Å². The van der Waals surface area contributed by atoms with Gasteiger partial charge in [-0.1, -0.05) is 12.1 Å². The molecule has 0 aliphatic heterocycles. The predicted molar refractivity (Wildman–Crippen MR) is 88.0 cm³/mol. The minimum Gasteiger partial charge on any atom is -0.453 e. The van der Waals surface area contributed by atoms with Gasteiger partial charge in [-0.15, -0.1) is 0 Å². The molecule has 0 fully saturated rings. The summed E-state index contributed by atoms with van der Waals surface area (Å²) >= 11 is 0. The van der Waals surface area contributed by atoms with Crippen LogP contribution in [0.1, 0.15) is 11.1 Å². The molecule has 0 aliphatic rings. The number of aryl methyl sites for hydroxylation is 2. The molecule has 0 aliphatic carbocycles.